The topological polar surface area (TPSA) is 67.2 Å². The number of aryl methyl sites for hydroxylation is 2. The van der Waals surface area contributed by atoms with Crippen molar-refractivity contribution in [2.75, 3.05) is 11.9 Å². The number of carbonyl (C=O) groups is 1. The van der Waals surface area contributed by atoms with E-state index in [0.717, 1.165) is 17.9 Å². The Morgan fingerprint density at radius 3 is 2.92 bits per heavy atom. The summed E-state index contributed by atoms with van der Waals surface area (Å²) >= 11 is 0. The minimum atomic E-state index is -0.872. The van der Waals surface area contributed by atoms with Crippen LogP contribution in [0, 0.1) is 6.92 Å². The molecule has 0 amide bonds. The smallest absolute Gasteiger partial charge is 0.322 e. The molecule has 5 nitrogen and oxygen atoms in total. The van der Waals surface area contributed by atoms with Gasteiger partial charge in [-0.1, -0.05) is 0 Å². The molecular formula is C8H13N3O2. The monoisotopic (exact) mass is 183 g/mol. The van der Waals surface area contributed by atoms with Gasteiger partial charge in [-0.15, -0.1) is 0 Å². The minimum absolute atomic E-state index is 0.0732. The van der Waals surface area contributed by atoms with Gasteiger partial charge in [-0.3, -0.25) is 9.48 Å². The Hall–Kier alpha value is -1.52. The summed E-state index contributed by atoms with van der Waals surface area (Å²) in [7, 11) is 0. The molecule has 0 aliphatic carbocycles. The number of nitrogens with one attached hydrogen (secondary N) is 1. The van der Waals surface area contributed by atoms with E-state index in [1.165, 1.54) is 0 Å². The van der Waals surface area contributed by atoms with Gasteiger partial charge in [0, 0.05) is 12.7 Å². The first-order chi connectivity index (χ1) is 6.13. The maximum atomic E-state index is 10.3. The average Bonchev–Trinajstić information content (AvgIpc) is 2.43. The first-order valence-electron chi connectivity index (χ1n) is 4.13. The van der Waals surface area contributed by atoms with Crippen molar-refractivity contribution in [2.45, 2.75) is 20.4 Å². The maximum Gasteiger partial charge on any atom is 0.322 e. The molecule has 0 spiro atoms. The number of nitrogens with zero attached hydrogens (tertiary/aromatic N) is 2. The second kappa shape index (κ2) is 3.93. The van der Waals surface area contributed by atoms with Gasteiger partial charge in [0.15, 0.2) is 0 Å². The Labute approximate surface area is 76.4 Å². The average molecular weight is 183 g/mol. The summed E-state index contributed by atoms with van der Waals surface area (Å²) in [5.41, 5.74) is 1.60. The highest BCUT2D eigenvalue weighted by molar-refractivity contribution is 5.72. The molecule has 0 radical (unpaired) electrons. The number of rotatable bonds is 4. The molecule has 1 aromatic heterocycles. The predicted octanol–water partition coefficient (Wildman–Crippen LogP) is 0.708. The maximum absolute atomic E-state index is 10.3. The summed E-state index contributed by atoms with van der Waals surface area (Å²) in [6, 6.07) is 0. The van der Waals surface area contributed by atoms with Crippen LogP contribution in [-0.2, 0) is 11.3 Å². The van der Waals surface area contributed by atoms with Gasteiger partial charge in [-0.2, -0.15) is 5.10 Å². The summed E-state index contributed by atoms with van der Waals surface area (Å²) < 4.78 is 1.76. The Kier molecular flexibility index (Phi) is 2.89. The van der Waals surface area contributed by atoms with Crippen LogP contribution in [0.1, 0.15) is 12.6 Å². The van der Waals surface area contributed by atoms with Crippen molar-refractivity contribution in [1.82, 2.24) is 9.78 Å². The van der Waals surface area contributed by atoms with Gasteiger partial charge in [0.1, 0.15) is 6.54 Å². The molecule has 1 heterocycles. The fourth-order valence-electron chi connectivity index (χ4n) is 1.02. The molecule has 0 aliphatic rings. The molecule has 0 fully saturated rings. The molecule has 13 heavy (non-hydrogen) atoms. The van der Waals surface area contributed by atoms with Crippen LogP contribution in [0.4, 0.5) is 5.69 Å². The van der Waals surface area contributed by atoms with Crippen molar-refractivity contribution in [3.05, 3.63) is 11.9 Å². The normalized spacial score (nSPS) is 10.0. The lowest BCUT2D eigenvalue weighted by molar-refractivity contribution is -0.134. The van der Waals surface area contributed by atoms with Crippen LogP contribution in [-0.4, -0.2) is 27.4 Å². The van der Waals surface area contributed by atoms with Crippen LogP contribution in [0.25, 0.3) is 0 Å². The molecule has 2 N–H and O–H groups in total. The molecule has 1 aromatic rings. The van der Waals surface area contributed by atoms with Crippen molar-refractivity contribution < 1.29 is 9.90 Å². The van der Waals surface area contributed by atoms with Gasteiger partial charge in [0.2, 0.25) is 0 Å². The zero-order valence-corrected chi connectivity index (χ0v) is 7.74. The Morgan fingerprint density at radius 1 is 1.77 bits per heavy atom. The summed E-state index contributed by atoms with van der Waals surface area (Å²) in [5.74, 6) is -0.872. The highest BCUT2D eigenvalue weighted by Crippen LogP contribution is 2.11. The number of aliphatic carboxylic acids is 1. The van der Waals surface area contributed by atoms with E-state index in [1.807, 2.05) is 13.8 Å². The number of carboxylic acid groups (broad SMARTS) is 1. The molecule has 0 unspecified atom stereocenters. The Morgan fingerprint density at radius 2 is 2.46 bits per heavy atom. The van der Waals surface area contributed by atoms with Gasteiger partial charge in [-0.25, -0.2) is 0 Å². The third-order valence-electron chi connectivity index (χ3n) is 1.70. The van der Waals surface area contributed by atoms with Gasteiger partial charge >= 0.3 is 5.97 Å². The lowest BCUT2D eigenvalue weighted by Crippen LogP contribution is -2.12. The highest BCUT2D eigenvalue weighted by Gasteiger charge is 2.04. The van der Waals surface area contributed by atoms with Crippen LogP contribution in [0.5, 0.6) is 0 Å². The summed E-state index contributed by atoms with van der Waals surface area (Å²) in [6.07, 6.45) is 1.80. The van der Waals surface area contributed by atoms with Crippen LogP contribution < -0.4 is 5.32 Å². The number of aromatic nitrogens is 2. The van der Waals surface area contributed by atoms with Crippen molar-refractivity contribution in [3.8, 4) is 0 Å². The van der Waals surface area contributed by atoms with E-state index in [1.54, 1.807) is 10.9 Å². The van der Waals surface area contributed by atoms with Crippen LogP contribution >= 0.6 is 0 Å². The standard InChI is InChI=1S/C8H13N3O2/c1-3-11-5-7(6(2)10-11)9-4-8(12)13/h5,9H,3-4H2,1-2H3,(H,12,13). The van der Waals surface area contributed by atoms with Crippen molar-refractivity contribution in [3.63, 3.8) is 0 Å². The van der Waals surface area contributed by atoms with Crippen LogP contribution in [0.3, 0.4) is 0 Å². The molecule has 0 atom stereocenters. The van der Waals surface area contributed by atoms with E-state index in [0.29, 0.717) is 0 Å². The first kappa shape index (κ1) is 9.57. The van der Waals surface area contributed by atoms with E-state index in [2.05, 4.69) is 10.4 Å². The van der Waals surface area contributed by atoms with Crippen molar-refractivity contribution >= 4 is 11.7 Å². The molecule has 0 bridgehead atoms. The van der Waals surface area contributed by atoms with Gasteiger partial charge < -0.3 is 10.4 Å². The molecule has 72 valence electrons. The first-order valence-corrected chi connectivity index (χ1v) is 4.13. The fraction of sp³-hybridized carbons (Fsp3) is 0.500. The number of hydrogen-bond donors (Lipinski definition) is 2. The zero-order valence-electron chi connectivity index (χ0n) is 7.74. The molecule has 0 aromatic carbocycles. The van der Waals surface area contributed by atoms with Gasteiger partial charge in [0.05, 0.1) is 11.4 Å². The number of hydrogen-bond acceptors (Lipinski definition) is 3. The quantitative estimate of drug-likeness (QED) is 0.721. The number of anilines is 1. The molecule has 5 heteroatoms. The molecule has 0 saturated heterocycles. The summed E-state index contributed by atoms with van der Waals surface area (Å²) in [4.78, 5) is 10.3. The highest BCUT2D eigenvalue weighted by atomic mass is 16.4. The summed E-state index contributed by atoms with van der Waals surface area (Å²) in [6.45, 7) is 4.54. The fourth-order valence-corrected chi connectivity index (χ4v) is 1.02. The second-order valence-electron chi connectivity index (χ2n) is 2.73. The predicted molar refractivity (Wildman–Crippen MR) is 48.8 cm³/mol. The van der Waals surface area contributed by atoms with E-state index in [-0.39, 0.29) is 6.54 Å². The van der Waals surface area contributed by atoms with Crippen LogP contribution in [0.2, 0.25) is 0 Å². The molecule has 1 rings (SSSR count). The SMILES string of the molecule is CCn1cc(NCC(=O)O)c(C)n1. The van der Waals surface area contributed by atoms with E-state index in [9.17, 15) is 4.79 Å². The zero-order chi connectivity index (χ0) is 9.84. The lowest BCUT2D eigenvalue weighted by atomic mass is 10.4. The largest absolute Gasteiger partial charge is 0.480 e. The Bertz CT molecular complexity index is 306. The van der Waals surface area contributed by atoms with Crippen molar-refractivity contribution in [1.29, 1.82) is 0 Å². The Balaban J connectivity index is 2.65. The summed E-state index contributed by atoms with van der Waals surface area (Å²) in [5, 5.41) is 15.4. The number of carboxylic acids is 1. The van der Waals surface area contributed by atoms with Crippen molar-refractivity contribution in [2.24, 2.45) is 0 Å². The van der Waals surface area contributed by atoms with E-state index >= 15 is 0 Å². The van der Waals surface area contributed by atoms with E-state index in [4.69, 9.17) is 5.11 Å². The molecular weight excluding hydrogens is 170 g/mol. The second-order valence-corrected chi connectivity index (χ2v) is 2.73. The third-order valence-corrected chi connectivity index (χ3v) is 1.70. The third kappa shape index (κ3) is 2.47. The molecule has 0 aliphatic heterocycles. The van der Waals surface area contributed by atoms with Crippen LogP contribution in [0.15, 0.2) is 6.20 Å². The molecule has 0 saturated carbocycles. The van der Waals surface area contributed by atoms with Gasteiger partial charge in [-0.05, 0) is 13.8 Å². The van der Waals surface area contributed by atoms with Gasteiger partial charge in [0.25, 0.3) is 0 Å². The van der Waals surface area contributed by atoms with E-state index < -0.39 is 5.97 Å². The minimum Gasteiger partial charge on any atom is -0.480 e. The lowest BCUT2D eigenvalue weighted by Gasteiger charge is -1.98.